The smallest absolute Gasteiger partial charge is 0.318 e. The number of hydrogen-bond donors (Lipinski definition) is 2. The molecule has 2 N–H and O–H groups in total. The van der Waals surface area contributed by atoms with Gasteiger partial charge in [-0.25, -0.2) is 9.48 Å². The molecule has 1 saturated heterocycles. The number of amides is 4. The monoisotopic (exact) mass is 429 g/mol. The average molecular weight is 429 g/mol. The molecule has 2 aromatic carbocycles. The largest absolute Gasteiger partial charge is 0.344 e. The third kappa shape index (κ3) is 3.24. The van der Waals surface area contributed by atoms with E-state index in [0.29, 0.717) is 17.9 Å². The fourth-order valence-corrected chi connectivity index (χ4v) is 4.10. The Labute approximate surface area is 185 Å². The van der Waals surface area contributed by atoms with Gasteiger partial charge in [-0.3, -0.25) is 15.0 Å². The van der Waals surface area contributed by atoms with Crippen LogP contribution in [-0.2, 0) is 10.3 Å². The number of carbonyl (C=O) groups excluding carboxylic acids is 3. The number of carbonyl (C=O) groups is 3. The lowest BCUT2D eigenvalue weighted by atomic mass is 9.87. The van der Waals surface area contributed by atoms with Crippen molar-refractivity contribution in [2.24, 2.45) is 0 Å². The fourth-order valence-electron chi connectivity index (χ4n) is 4.10. The Morgan fingerprint density at radius 2 is 1.75 bits per heavy atom. The van der Waals surface area contributed by atoms with Gasteiger partial charge >= 0.3 is 6.03 Å². The molecule has 2 fully saturated rings. The SMILES string of the molecule is CC[C@@]1(c2ccccc2)NC(=O)N(NC(=O)c2cc(C3CC3)nn2-c2ccccc2)C1=O. The maximum absolute atomic E-state index is 13.3. The van der Waals surface area contributed by atoms with E-state index in [4.69, 9.17) is 0 Å². The summed E-state index contributed by atoms with van der Waals surface area (Å²) in [5.74, 6) is -0.747. The highest BCUT2D eigenvalue weighted by molar-refractivity contribution is 6.09. The van der Waals surface area contributed by atoms with Gasteiger partial charge in [-0.05, 0) is 43.0 Å². The standard InChI is InChI=1S/C24H23N5O3/c1-2-24(17-9-5-3-6-10-17)22(31)29(23(32)25-24)27-21(30)20-15-19(16-13-14-16)26-28(20)18-11-7-4-8-12-18/h3-12,15-16H,2,13-14H2,1H3,(H,25,32)(H,27,30)/t24-/m0/s1. The molecule has 162 valence electrons. The number of imide groups is 1. The lowest BCUT2D eigenvalue weighted by Gasteiger charge is -2.25. The third-order valence-corrected chi connectivity index (χ3v) is 6.06. The van der Waals surface area contributed by atoms with E-state index in [1.54, 1.807) is 22.9 Å². The number of para-hydroxylation sites is 1. The van der Waals surface area contributed by atoms with Crippen LogP contribution in [0.2, 0.25) is 0 Å². The minimum atomic E-state index is -1.22. The molecule has 4 amide bonds. The van der Waals surface area contributed by atoms with Gasteiger partial charge < -0.3 is 5.32 Å². The summed E-state index contributed by atoms with van der Waals surface area (Å²) in [6.07, 6.45) is 2.42. The number of aromatic nitrogens is 2. The first kappa shape index (κ1) is 20.0. The Hall–Kier alpha value is -3.94. The lowest BCUT2D eigenvalue weighted by molar-refractivity contribution is -0.133. The molecule has 0 radical (unpaired) electrons. The van der Waals surface area contributed by atoms with Crippen LogP contribution in [0.1, 0.15) is 53.8 Å². The topological polar surface area (TPSA) is 96.3 Å². The van der Waals surface area contributed by atoms with E-state index in [2.05, 4.69) is 15.8 Å². The van der Waals surface area contributed by atoms with Crippen molar-refractivity contribution < 1.29 is 14.4 Å². The molecular weight excluding hydrogens is 406 g/mol. The first-order valence-electron chi connectivity index (χ1n) is 10.7. The second kappa shape index (κ2) is 7.64. The Kier molecular flexibility index (Phi) is 4.77. The Bertz CT molecular complexity index is 1190. The second-order valence-electron chi connectivity index (χ2n) is 8.11. The van der Waals surface area contributed by atoms with Crippen molar-refractivity contribution in [2.75, 3.05) is 0 Å². The van der Waals surface area contributed by atoms with E-state index in [0.717, 1.165) is 29.2 Å². The number of urea groups is 1. The quantitative estimate of drug-likeness (QED) is 0.588. The average Bonchev–Trinajstić information content (AvgIpc) is 3.54. The first-order valence-corrected chi connectivity index (χ1v) is 10.7. The van der Waals surface area contributed by atoms with Crippen molar-refractivity contribution in [1.29, 1.82) is 0 Å². The van der Waals surface area contributed by atoms with E-state index >= 15 is 0 Å². The van der Waals surface area contributed by atoms with Crippen molar-refractivity contribution in [3.8, 4) is 5.69 Å². The highest BCUT2D eigenvalue weighted by Gasteiger charge is 2.52. The summed E-state index contributed by atoms with van der Waals surface area (Å²) in [5, 5.41) is 8.17. The van der Waals surface area contributed by atoms with E-state index in [1.165, 1.54) is 0 Å². The summed E-state index contributed by atoms with van der Waals surface area (Å²) in [6.45, 7) is 1.82. The van der Waals surface area contributed by atoms with E-state index in [-0.39, 0.29) is 5.69 Å². The normalized spacial score (nSPS) is 20.3. The van der Waals surface area contributed by atoms with Crippen LogP contribution in [0, 0.1) is 0 Å². The first-order chi connectivity index (χ1) is 15.5. The molecule has 0 spiro atoms. The van der Waals surface area contributed by atoms with E-state index < -0.39 is 23.4 Å². The predicted molar refractivity (Wildman–Crippen MR) is 117 cm³/mol. The second-order valence-corrected chi connectivity index (χ2v) is 8.11. The van der Waals surface area contributed by atoms with Gasteiger partial charge in [0.2, 0.25) is 0 Å². The minimum absolute atomic E-state index is 0.271. The van der Waals surface area contributed by atoms with Crippen LogP contribution in [0.25, 0.3) is 5.69 Å². The van der Waals surface area contributed by atoms with Crippen LogP contribution in [0.4, 0.5) is 4.79 Å². The molecule has 0 bridgehead atoms. The zero-order valence-electron chi connectivity index (χ0n) is 17.6. The number of nitrogens with one attached hydrogen (secondary N) is 2. The summed E-state index contributed by atoms with van der Waals surface area (Å²) in [6, 6.07) is 19.4. The van der Waals surface area contributed by atoms with Crippen molar-refractivity contribution in [3.05, 3.63) is 83.7 Å². The summed E-state index contributed by atoms with van der Waals surface area (Å²) >= 11 is 0. The van der Waals surface area contributed by atoms with Crippen molar-refractivity contribution in [1.82, 2.24) is 25.5 Å². The molecular formula is C24H23N5O3. The lowest BCUT2D eigenvalue weighted by Crippen LogP contribution is -2.48. The number of hydrazine groups is 1. The number of benzene rings is 2. The Balaban J connectivity index is 1.46. The summed E-state index contributed by atoms with van der Waals surface area (Å²) in [7, 11) is 0. The molecule has 1 aromatic heterocycles. The molecule has 1 aliphatic carbocycles. The molecule has 32 heavy (non-hydrogen) atoms. The maximum atomic E-state index is 13.3. The van der Waals surface area contributed by atoms with Crippen LogP contribution in [0.5, 0.6) is 0 Å². The van der Waals surface area contributed by atoms with E-state index in [1.807, 2.05) is 55.5 Å². The zero-order chi connectivity index (χ0) is 22.3. The highest BCUT2D eigenvalue weighted by Crippen LogP contribution is 2.40. The number of nitrogens with zero attached hydrogens (tertiary/aromatic N) is 3. The van der Waals surface area contributed by atoms with Crippen molar-refractivity contribution >= 4 is 17.8 Å². The predicted octanol–water partition coefficient (Wildman–Crippen LogP) is 3.25. The molecule has 2 heterocycles. The zero-order valence-corrected chi connectivity index (χ0v) is 17.6. The maximum Gasteiger partial charge on any atom is 0.344 e. The van der Waals surface area contributed by atoms with Crippen LogP contribution in [0.3, 0.4) is 0 Å². The number of hydrogen-bond acceptors (Lipinski definition) is 4. The van der Waals surface area contributed by atoms with Crippen LogP contribution >= 0.6 is 0 Å². The Morgan fingerprint density at radius 1 is 1.09 bits per heavy atom. The summed E-state index contributed by atoms with van der Waals surface area (Å²) < 4.78 is 1.56. The fraction of sp³-hybridized carbons (Fsp3) is 0.250. The van der Waals surface area contributed by atoms with Gasteiger partial charge in [0, 0.05) is 5.92 Å². The van der Waals surface area contributed by atoms with Gasteiger partial charge in [0.05, 0.1) is 11.4 Å². The molecule has 1 aliphatic heterocycles. The van der Waals surface area contributed by atoms with Crippen molar-refractivity contribution in [3.63, 3.8) is 0 Å². The highest BCUT2D eigenvalue weighted by atomic mass is 16.2. The number of rotatable bonds is 6. The van der Waals surface area contributed by atoms with Gasteiger partial charge in [0.25, 0.3) is 11.8 Å². The summed E-state index contributed by atoms with van der Waals surface area (Å²) in [5.41, 5.74) is 3.80. The van der Waals surface area contributed by atoms with Crippen LogP contribution < -0.4 is 10.7 Å². The van der Waals surface area contributed by atoms with E-state index in [9.17, 15) is 14.4 Å². The van der Waals surface area contributed by atoms with Gasteiger partial charge in [0.1, 0.15) is 11.2 Å². The Morgan fingerprint density at radius 3 is 2.38 bits per heavy atom. The molecule has 5 rings (SSSR count). The van der Waals surface area contributed by atoms with Gasteiger partial charge in [-0.1, -0.05) is 55.5 Å². The van der Waals surface area contributed by atoms with Crippen LogP contribution in [-0.4, -0.2) is 32.6 Å². The molecule has 1 saturated carbocycles. The molecule has 8 nitrogen and oxygen atoms in total. The van der Waals surface area contributed by atoms with Crippen LogP contribution in [0.15, 0.2) is 66.7 Å². The van der Waals surface area contributed by atoms with Gasteiger partial charge in [-0.2, -0.15) is 10.1 Å². The molecule has 3 aromatic rings. The molecule has 8 heteroatoms. The van der Waals surface area contributed by atoms with Crippen molar-refractivity contribution in [2.45, 2.75) is 37.6 Å². The molecule has 2 aliphatic rings. The molecule has 0 unspecified atom stereocenters. The summed E-state index contributed by atoms with van der Waals surface area (Å²) in [4.78, 5) is 39.3. The third-order valence-electron chi connectivity index (χ3n) is 6.06. The minimum Gasteiger partial charge on any atom is -0.318 e. The molecule has 1 atom stereocenters. The van der Waals surface area contributed by atoms with Gasteiger partial charge in [0.15, 0.2) is 0 Å². The van der Waals surface area contributed by atoms with Gasteiger partial charge in [-0.15, -0.1) is 0 Å².